The summed E-state index contributed by atoms with van der Waals surface area (Å²) in [5, 5.41) is 38.3. The first kappa shape index (κ1) is 37.5. The van der Waals surface area contributed by atoms with Crippen molar-refractivity contribution in [2.24, 2.45) is 0 Å². The van der Waals surface area contributed by atoms with Crippen LogP contribution in [0, 0.1) is 17.0 Å². The van der Waals surface area contributed by atoms with Crippen molar-refractivity contribution in [2.45, 2.75) is 34.9 Å². The molecule has 0 saturated carbocycles. The molecule has 2 atom stereocenters. The van der Waals surface area contributed by atoms with E-state index in [0.29, 0.717) is 10.7 Å². The van der Waals surface area contributed by atoms with Crippen LogP contribution in [-0.4, -0.2) is 55.5 Å². The summed E-state index contributed by atoms with van der Waals surface area (Å²) in [7, 11) is -1.85. The van der Waals surface area contributed by atoms with Gasteiger partial charge in [-0.3, -0.25) is 19.7 Å². The lowest BCUT2D eigenvalue weighted by Gasteiger charge is -2.18. The number of rotatable bonds is 12. The van der Waals surface area contributed by atoms with E-state index >= 15 is 0 Å². The average Bonchev–Trinajstić information content (AvgIpc) is 3.51. The molecule has 0 saturated heterocycles. The van der Waals surface area contributed by atoms with Crippen LogP contribution >= 0.6 is 44.4 Å². The Labute approximate surface area is 307 Å². The van der Waals surface area contributed by atoms with Crippen LogP contribution in [-0.2, 0) is 20.4 Å². The lowest BCUT2D eigenvalue weighted by atomic mass is 10.1. The predicted octanol–water partition coefficient (Wildman–Crippen LogP) is 6.68. The molecule has 4 aromatic carbocycles. The third-order valence-corrected chi connectivity index (χ3v) is 11.6. The molecule has 1 aromatic heterocycles. The van der Waals surface area contributed by atoms with Crippen LogP contribution < -0.4 is 15.4 Å². The molecular weight excluding hydrogens is 764 g/mol. The molecule has 20 heteroatoms. The van der Waals surface area contributed by atoms with Gasteiger partial charge in [0.25, 0.3) is 5.91 Å². The molecule has 1 heterocycles. The quantitative estimate of drug-likeness (QED) is 0.0398. The number of aromatic nitrogens is 4. The summed E-state index contributed by atoms with van der Waals surface area (Å²) in [5.41, 5.74) is 0.495. The van der Waals surface area contributed by atoms with Crippen molar-refractivity contribution in [3.63, 3.8) is 0 Å². The molecule has 0 aliphatic heterocycles. The molecule has 2 amide bonds. The van der Waals surface area contributed by atoms with Crippen molar-refractivity contribution in [3.05, 3.63) is 110 Å². The number of nitrogens with one attached hydrogen (secondary N) is 2. The summed E-state index contributed by atoms with van der Waals surface area (Å²) in [6, 6.07) is 16.3. The van der Waals surface area contributed by atoms with Gasteiger partial charge in [0.05, 0.1) is 31.2 Å². The highest BCUT2D eigenvalue weighted by Gasteiger charge is 2.31. The number of amides is 2. The predicted molar refractivity (Wildman–Crippen MR) is 195 cm³/mol. The topological polar surface area (TPSA) is 209 Å². The summed E-state index contributed by atoms with van der Waals surface area (Å²) in [6.45, 7) is 2.97. The van der Waals surface area contributed by atoms with Crippen molar-refractivity contribution in [1.82, 2.24) is 20.0 Å². The van der Waals surface area contributed by atoms with Crippen molar-refractivity contribution in [2.75, 3.05) is 10.6 Å². The number of hydrogen-bond acceptors (Lipinski definition) is 12. The summed E-state index contributed by atoms with van der Waals surface area (Å²) >= 11 is 13.2. The van der Waals surface area contributed by atoms with Crippen molar-refractivity contribution >= 4 is 83.1 Å². The smallest absolute Gasteiger partial charge is 0.311 e. The maximum atomic E-state index is 13.4. The van der Waals surface area contributed by atoms with E-state index in [9.17, 15) is 33.2 Å². The minimum absolute atomic E-state index is 0.0820. The fraction of sp³-hybridized carbons (Fsp3) is 0.129. The number of aryl methyl sites for hydroxylation is 1. The number of nitro groups is 1. The van der Waals surface area contributed by atoms with Gasteiger partial charge in [0.1, 0.15) is 11.0 Å². The molecule has 0 aliphatic rings. The second-order valence-corrected chi connectivity index (χ2v) is 15.3. The first-order valence-electron chi connectivity index (χ1n) is 14.5. The van der Waals surface area contributed by atoms with Crippen LogP contribution in [0.4, 0.5) is 17.1 Å². The van der Waals surface area contributed by atoms with Gasteiger partial charge in [-0.25, -0.2) is 12.9 Å². The number of hydrogen-bond donors (Lipinski definition) is 3. The Balaban J connectivity index is 1.49. The third kappa shape index (κ3) is 8.75. The summed E-state index contributed by atoms with van der Waals surface area (Å²) in [4.78, 5) is 37.9. The lowest BCUT2D eigenvalue weighted by molar-refractivity contribution is -0.385. The monoisotopic (exact) mass is 789 g/mol. The SMILES string of the molecule is Cc1ccc(S(=O)(=O)C(C)C(=O)Nc2cc(O)c(NC(=O)c3ccc(Cl)c(Cl)c3)cc2Oc2ccc(CSc3nnnn3P)cc2[N+](=O)[O-])cc1. The molecule has 3 N–H and O–H groups in total. The van der Waals surface area contributed by atoms with E-state index < -0.39 is 43.3 Å². The number of phenolic OH excluding ortho intramolecular Hbond substituents is 1. The second-order valence-electron chi connectivity index (χ2n) is 10.8. The van der Waals surface area contributed by atoms with E-state index in [1.165, 1.54) is 65.6 Å². The van der Waals surface area contributed by atoms with E-state index in [0.717, 1.165) is 17.7 Å². The van der Waals surface area contributed by atoms with Gasteiger partial charge in [0.2, 0.25) is 16.8 Å². The maximum Gasteiger partial charge on any atom is 0.311 e. The fourth-order valence-corrected chi connectivity index (χ4v) is 7.04. The molecule has 0 fully saturated rings. The summed E-state index contributed by atoms with van der Waals surface area (Å²) < 4.78 is 33.9. The van der Waals surface area contributed by atoms with Gasteiger partial charge in [-0.05, 0) is 75.6 Å². The van der Waals surface area contributed by atoms with E-state index in [4.69, 9.17) is 27.9 Å². The molecule has 0 spiro atoms. The Morgan fingerprint density at radius 1 is 1.02 bits per heavy atom. The Bertz CT molecular complexity index is 2270. The van der Waals surface area contributed by atoms with Gasteiger partial charge in [-0.1, -0.05) is 58.7 Å². The number of tetrazole rings is 1. The van der Waals surface area contributed by atoms with Crippen LogP contribution in [0.25, 0.3) is 0 Å². The van der Waals surface area contributed by atoms with Crippen LogP contribution in [0.2, 0.25) is 10.0 Å². The van der Waals surface area contributed by atoms with Crippen molar-refractivity contribution in [1.29, 1.82) is 0 Å². The average molecular weight is 791 g/mol. The number of sulfone groups is 1. The molecule has 5 aromatic rings. The van der Waals surface area contributed by atoms with Gasteiger partial charge in [-0.15, -0.1) is 5.10 Å². The molecular formula is C31H26Cl2N7O8PS2. The van der Waals surface area contributed by atoms with Gasteiger partial charge < -0.3 is 20.5 Å². The number of nitrogens with zero attached hydrogens (tertiary/aromatic N) is 5. The Kier molecular flexibility index (Phi) is 11.5. The van der Waals surface area contributed by atoms with E-state index in [2.05, 4.69) is 35.5 Å². The molecule has 5 rings (SSSR count). The Morgan fingerprint density at radius 3 is 2.39 bits per heavy atom. The number of ether oxygens (including phenoxy) is 1. The van der Waals surface area contributed by atoms with Gasteiger partial charge in [-0.2, -0.15) is 0 Å². The van der Waals surface area contributed by atoms with Gasteiger partial charge in [0.15, 0.2) is 15.6 Å². The highest BCUT2D eigenvalue weighted by Crippen LogP contribution is 2.42. The zero-order valence-corrected chi connectivity index (χ0v) is 30.7. The van der Waals surface area contributed by atoms with Crippen LogP contribution in [0.15, 0.2) is 82.8 Å². The normalized spacial score (nSPS) is 11.9. The Morgan fingerprint density at radius 2 is 1.75 bits per heavy atom. The van der Waals surface area contributed by atoms with Crippen LogP contribution in [0.3, 0.4) is 0 Å². The number of anilines is 2. The highest BCUT2D eigenvalue weighted by atomic mass is 35.5. The number of phenols is 1. The fourth-order valence-electron chi connectivity index (χ4n) is 4.42. The molecule has 51 heavy (non-hydrogen) atoms. The van der Waals surface area contributed by atoms with Gasteiger partial charge in [0, 0.05) is 29.5 Å². The second kappa shape index (κ2) is 15.6. The first-order chi connectivity index (χ1) is 24.1. The minimum atomic E-state index is -4.16. The molecule has 0 radical (unpaired) electrons. The minimum Gasteiger partial charge on any atom is -0.506 e. The number of halogens is 2. The van der Waals surface area contributed by atoms with Gasteiger partial charge >= 0.3 is 5.69 Å². The maximum absolute atomic E-state index is 13.4. The zero-order chi connectivity index (χ0) is 37.0. The number of benzene rings is 4. The molecule has 0 aliphatic carbocycles. The molecule has 0 bridgehead atoms. The number of nitro benzene ring substituents is 1. The third-order valence-electron chi connectivity index (χ3n) is 7.24. The molecule has 264 valence electrons. The number of carbonyl (C=O) groups is 2. The van der Waals surface area contributed by atoms with Crippen molar-refractivity contribution in [3.8, 4) is 17.2 Å². The largest absolute Gasteiger partial charge is 0.506 e. The van der Waals surface area contributed by atoms with E-state index in [1.54, 1.807) is 25.1 Å². The van der Waals surface area contributed by atoms with E-state index in [1.807, 2.05) is 0 Å². The first-order valence-corrected chi connectivity index (χ1v) is 18.3. The Hall–Kier alpha value is -4.80. The number of aromatic hydroxyl groups is 1. The number of thioether (sulfide) groups is 1. The zero-order valence-electron chi connectivity index (χ0n) is 26.4. The van der Waals surface area contributed by atoms with Crippen molar-refractivity contribution < 1.29 is 32.8 Å². The van der Waals surface area contributed by atoms with Crippen LogP contribution in [0.1, 0.15) is 28.4 Å². The molecule has 2 unspecified atom stereocenters. The summed E-state index contributed by atoms with van der Waals surface area (Å²) in [6.07, 6.45) is 0. The number of carbonyl (C=O) groups excluding carboxylic acids is 2. The molecule has 15 nitrogen and oxygen atoms in total. The summed E-state index contributed by atoms with van der Waals surface area (Å²) in [5.74, 6) is -2.56. The lowest BCUT2D eigenvalue weighted by Crippen LogP contribution is -2.32. The van der Waals surface area contributed by atoms with Crippen LogP contribution in [0.5, 0.6) is 17.2 Å². The standard InChI is InChI=1S/C31H26Cl2N7O8PS2/c1-16-3-7-20(8-4-16)51(46,47)17(2)29(42)35-24-13-26(41)23(34-30(43)19-6-9-21(32)22(33)12-19)14-28(24)48-27-10-5-18(11-25(27)40(44)45)15-50-31-36-37-38-39(31)49/h3-14,17,41H,15,49H2,1-2H3,(H,34,43)(H,35,42). The van der Waals surface area contributed by atoms with E-state index in [-0.39, 0.29) is 49.1 Å². The highest BCUT2D eigenvalue weighted by molar-refractivity contribution is 7.98.